The molecule has 1 fully saturated rings. The van der Waals surface area contributed by atoms with Gasteiger partial charge in [-0.25, -0.2) is 4.98 Å². The van der Waals surface area contributed by atoms with Gasteiger partial charge in [-0.2, -0.15) is 0 Å². The third-order valence-electron chi connectivity index (χ3n) is 3.58. The summed E-state index contributed by atoms with van der Waals surface area (Å²) >= 11 is 1.64. The number of amides is 1. The first kappa shape index (κ1) is 14.8. The molecule has 2 aromatic heterocycles. The van der Waals surface area contributed by atoms with E-state index in [1.807, 2.05) is 11.6 Å². The van der Waals surface area contributed by atoms with Crippen LogP contribution in [-0.4, -0.2) is 41.6 Å². The molecule has 0 aliphatic carbocycles. The summed E-state index contributed by atoms with van der Waals surface area (Å²) < 4.78 is 5.38. The number of carbonyl (C=O) groups is 1. The Bertz CT molecular complexity index is 591. The second-order valence-corrected chi connectivity index (χ2v) is 5.96. The number of hydrogen-bond donors (Lipinski definition) is 1. The zero-order chi connectivity index (χ0) is 15.2. The number of anilines is 1. The molecule has 7 heteroatoms. The number of carbonyl (C=O) groups excluding carboxylic acids is 1. The monoisotopic (exact) mass is 318 g/mol. The predicted octanol–water partition coefficient (Wildman–Crippen LogP) is 1.70. The minimum absolute atomic E-state index is 0.00959. The standard InChI is InChI=1S/C15H18N4O2S/c20-14(11-21-13-4-1-5-16-10-13)18-9-12-3-2-7-19(12)15-17-6-8-22-15/h1,4-6,8,10,12H,2-3,7,9,11H2,(H,18,20). The van der Waals surface area contributed by atoms with Crippen LogP contribution in [0.3, 0.4) is 0 Å². The second-order valence-electron chi connectivity index (χ2n) is 5.09. The summed E-state index contributed by atoms with van der Waals surface area (Å²) in [5, 5.41) is 5.95. The molecule has 1 atom stereocenters. The molecule has 0 bridgehead atoms. The summed E-state index contributed by atoms with van der Waals surface area (Å²) in [4.78, 5) is 22.4. The smallest absolute Gasteiger partial charge is 0.258 e. The number of rotatable bonds is 6. The van der Waals surface area contributed by atoms with Gasteiger partial charge in [-0.15, -0.1) is 11.3 Å². The minimum atomic E-state index is -0.116. The molecule has 0 aromatic carbocycles. The van der Waals surface area contributed by atoms with Crippen LogP contribution in [0.2, 0.25) is 0 Å². The van der Waals surface area contributed by atoms with E-state index in [2.05, 4.69) is 20.2 Å². The molecule has 1 aliphatic heterocycles. The Kier molecular flexibility index (Phi) is 4.85. The lowest BCUT2D eigenvalue weighted by Crippen LogP contribution is -2.41. The summed E-state index contributed by atoms with van der Waals surface area (Å²) in [6.07, 6.45) is 7.28. The van der Waals surface area contributed by atoms with Gasteiger partial charge in [0.15, 0.2) is 11.7 Å². The Hall–Kier alpha value is -2.15. The van der Waals surface area contributed by atoms with Gasteiger partial charge in [0.1, 0.15) is 5.75 Å². The van der Waals surface area contributed by atoms with Crippen LogP contribution >= 0.6 is 11.3 Å². The van der Waals surface area contributed by atoms with E-state index < -0.39 is 0 Å². The summed E-state index contributed by atoms with van der Waals surface area (Å²) in [6, 6.07) is 3.87. The van der Waals surface area contributed by atoms with Gasteiger partial charge in [0.2, 0.25) is 0 Å². The summed E-state index contributed by atoms with van der Waals surface area (Å²) in [7, 11) is 0. The Labute approximate surface area is 133 Å². The fourth-order valence-electron chi connectivity index (χ4n) is 2.52. The van der Waals surface area contributed by atoms with Gasteiger partial charge < -0.3 is 15.0 Å². The number of nitrogens with zero attached hydrogens (tertiary/aromatic N) is 3. The molecule has 1 aliphatic rings. The van der Waals surface area contributed by atoms with Gasteiger partial charge >= 0.3 is 0 Å². The van der Waals surface area contributed by atoms with Gasteiger partial charge in [0, 0.05) is 36.9 Å². The number of ether oxygens (including phenoxy) is 1. The third kappa shape index (κ3) is 3.73. The van der Waals surface area contributed by atoms with E-state index in [4.69, 9.17) is 4.74 Å². The highest BCUT2D eigenvalue weighted by Gasteiger charge is 2.26. The molecule has 1 saturated heterocycles. The lowest BCUT2D eigenvalue weighted by atomic mass is 10.2. The van der Waals surface area contributed by atoms with Crippen molar-refractivity contribution in [3.8, 4) is 5.75 Å². The van der Waals surface area contributed by atoms with E-state index in [9.17, 15) is 4.79 Å². The average Bonchev–Trinajstić information content (AvgIpc) is 3.22. The highest BCUT2D eigenvalue weighted by Crippen LogP contribution is 2.26. The molecule has 3 heterocycles. The Morgan fingerprint density at radius 3 is 3.23 bits per heavy atom. The van der Waals surface area contributed by atoms with E-state index in [0.29, 0.717) is 18.3 Å². The van der Waals surface area contributed by atoms with Crippen LogP contribution in [0.5, 0.6) is 5.75 Å². The van der Waals surface area contributed by atoms with Crippen molar-refractivity contribution in [3.63, 3.8) is 0 Å². The number of aromatic nitrogens is 2. The molecule has 0 saturated carbocycles. The molecule has 0 spiro atoms. The fraction of sp³-hybridized carbons (Fsp3) is 0.400. The van der Waals surface area contributed by atoms with Crippen LogP contribution in [0, 0.1) is 0 Å². The first-order chi connectivity index (χ1) is 10.8. The van der Waals surface area contributed by atoms with Crippen LogP contribution in [0.4, 0.5) is 5.13 Å². The summed E-state index contributed by atoms with van der Waals surface area (Å²) in [5.74, 6) is 0.484. The molecule has 22 heavy (non-hydrogen) atoms. The Morgan fingerprint density at radius 2 is 2.45 bits per heavy atom. The van der Waals surface area contributed by atoms with Crippen molar-refractivity contribution in [2.75, 3.05) is 24.6 Å². The van der Waals surface area contributed by atoms with Crippen LogP contribution in [0.15, 0.2) is 36.1 Å². The Morgan fingerprint density at radius 1 is 1.50 bits per heavy atom. The van der Waals surface area contributed by atoms with Crippen LogP contribution in [0.25, 0.3) is 0 Å². The van der Waals surface area contributed by atoms with Crippen molar-refractivity contribution in [1.29, 1.82) is 0 Å². The van der Waals surface area contributed by atoms with E-state index in [0.717, 1.165) is 24.5 Å². The molecule has 6 nitrogen and oxygen atoms in total. The van der Waals surface area contributed by atoms with Gasteiger partial charge in [-0.1, -0.05) is 0 Å². The highest BCUT2D eigenvalue weighted by molar-refractivity contribution is 7.13. The van der Waals surface area contributed by atoms with E-state index >= 15 is 0 Å². The lowest BCUT2D eigenvalue weighted by molar-refractivity contribution is -0.123. The zero-order valence-corrected chi connectivity index (χ0v) is 13.0. The van der Waals surface area contributed by atoms with Crippen molar-refractivity contribution in [2.24, 2.45) is 0 Å². The van der Waals surface area contributed by atoms with Gasteiger partial charge in [-0.3, -0.25) is 9.78 Å². The largest absolute Gasteiger partial charge is 0.482 e. The molecule has 2 aromatic rings. The molecule has 1 N–H and O–H groups in total. The van der Waals surface area contributed by atoms with Gasteiger partial charge in [-0.05, 0) is 25.0 Å². The lowest BCUT2D eigenvalue weighted by Gasteiger charge is -2.24. The van der Waals surface area contributed by atoms with Gasteiger partial charge in [0.25, 0.3) is 5.91 Å². The SMILES string of the molecule is O=C(COc1cccnc1)NCC1CCCN1c1nccs1. The number of thiazole rings is 1. The van der Waals surface area contributed by atoms with Gasteiger partial charge in [0.05, 0.1) is 6.20 Å². The topological polar surface area (TPSA) is 67.3 Å². The third-order valence-corrected chi connectivity index (χ3v) is 4.39. The maximum absolute atomic E-state index is 11.9. The molecule has 3 rings (SSSR count). The van der Waals surface area contributed by atoms with Crippen LogP contribution < -0.4 is 15.0 Å². The summed E-state index contributed by atoms with van der Waals surface area (Å²) in [5.41, 5.74) is 0. The first-order valence-corrected chi connectivity index (χ1v) is 8.16. The van der Waals surface area contributed by atoms with E-state index in [1.54, 1.807) is 35.9 Å². The second kappa shape index (κ2) is 7.22. The van der Waals surface area contributed by atoms with Crippen molar-refractivity contribution >= 4 is 22.4 Å². The molecular formula is C15H18N4O2S. The molecular weight excluding hydrogens is 300 g/mol. The summed E-state index contributed by atoms with van der Waals surface area (Å²) in [6.45, 7) is 1.63. The number of nitrogens with one attached hydrogen (secondary N) is 1. The van der Waals surface area contributed by atoms with Crippen molar-refractivity contribution in [2.45, 2.75) is 18.9 Å². The normalized spacial score (nSPS) is 17.5. The quantitative estimate of drug-likeness (QED) is 0.878. The highest BCUT2D eigenvalue weighted by atomic mass is 32.1. The van der Waals surface area contributed by atoms with Crippen molar-refractivity contribution in [3.05, 3.63) is 36.1 Å². The van der Waals surface area contributed by atoms with Crippen molar-refractivity contribution < 1.29 is 9.53 Å². The molecule has 116 valence electrons. The van der Waals surface area contributed by atoms with E-state index in [1.165, 1.54) is 0 Å². The van der Waals surface area contributed by atoms with E-state index in [-0.39, 0.29) is 12.5 Å². The molecule has 1 amide bonds. The van der Waals surface area contributed by atoms with Crippen molar-refractivity contribution in [1.82, 2.24) is 15.3 Å². The number of pyridine rings is 1. The zero-order valence-electron chi connectivity index (χ0n) is 12.1. The molecule has 1 unspecified atom stereocenters. The maximum Gasteiger partial charge on any atom is 0.258 e. The minimum Gasteiger partial charge on any atom is -0.482 e. The van der Waals surface area contributed by atoms with Crippen LogP contribution in [-0.2, 0) is 4.79 Å². The van der Waals surface area contributed by atoms with Crippen LogP contribution in [0.1, 0.15) is 12.8 Å². The average molecular weight is 318 g/mol. The molecule has 0 radical (unpaired) electrons. The number of hydrogen-bond acceptors (Lipinski definition) is 6. The first-order valence-electron chi connectivity index (χ1n) is 7.28. The maximum atomic E-state index is 11.9. The fourth-order valence-corrected chi connectivity index (χ4v) is 3.26. The predicted molar refractivity (Wildman–Crippen MR) is 85.2 cm³/mol. The Balaban J connectivity index is 1.44.